The summed E-state index contributed by atoms with van der Waals surface area (Å²) < 4.78 is 0. The quantitative estimate of drug-likeness (QED) is 0.498. The predicted molar refractivity (Wildman–Crippen MR) is 162 cm³/mol. The number of carbonyl (C=O) groups is 2. The van der Waals surface area contributed by atoms with Gasteiger partial charge in [-0.2, -0.15) is 0 Å². The van der Waals surface area contributed by atoms with Gasteiger partial charge in [-0.05, 0) is 63.1 Å². The summed E-state index contributed by atoms with van der Waals surface area (Å²) >= 11 is 0. The van der Waals surface area contributed by atoms with E-state index in [1.807, 2.05) is 52.0 Å². The van der Waals surface area contributed by atoms with Crippen molar-refractivity contribution in [1.29, 1.82) is 0 Å². The van der Waals surface area contributed by atoms with Crippen LogP contribution in [-0.4, -0.2) is 96.8 Å². The Morgan fingerprint density at radius 2 is 1.73 bits per heavy atom. The van der Waals surface area contributed by atoms with Crippen LogP contribution in [0.5, 0.6) is 0 Å². The summed E-state index contributed by atoms with van der Waals surface area (Å²) in [6, 6.07) is 16.8. The van der Waals surface area contributed by atoms with Crippen molar-refractivity contribution in [2.24, 2.45) is 0 Å². The molecule has 3 aliphatic heterocycles. The highest BCUT2D eigenvalue weighted by Gasteiger charge is 2.34. The zero-order chi connectivity index (χ0) is 28.2. The lowest BCUT2D eigenvalue weighted by Crippen LogP contribution is -2.51. The maximum atomic E-state index is 13.8. The number of hydrogen-bond acceptors (Lipinski definition) is 6. The number of likely N-dealkylation sites (tertiary alicyclic amines) is 1. The third-order valence-electron chi connectivity index (χ3n) is 8.70. The molecule has 0 radical (unpaired) electrons. The lowest BCUT2D eigenvalue weighted by Gasteiger charge is -2.38. The van der Waals surface area contributed by atoms with Gasteiger partial charge in [0.15, 0.2) is 0 Å². The molecule has 1 atom stereocenters. The lowest BCUT2D eigenvalue weighted by atomic mass is 9.91. The second-order valence-corrected chi connectivity index (χ2v) is 11.2. The van der Waals surface area contributed by atoms with Crippen LogP contribution in [0.4, 0.5) is 21.0 Å². The van der Waals surface area contributed by atoms with Crippen molar-refractivity contribution in [1.82, 2.24) is 30.4 Å². The first-order valence-corrected chi connectivity index (χ1v) is 15.0. The normalized spacial score (nSPS) is 19.9. The molecule has 0 bridgehead atoms. The van der Waals surface area contributed by atoms with Crippen LogP contribution in [0, 0.1) is 0 Å². The molecule has 3 fully saturated rings. The van der Waals surface area contributed by atoms with Crippen LogP contribution < -0.4 is 20.4 Å². The molecule has 3 aromatic rings. The van der Waals surface area contributed by atoms with Gasteiger partial charge >= 0.3 is 12.1 Å². The number of piperazine rings is 1. The van der Waals surface area contributed by atoms with Crippen LogP contribution in [0.25, 0.3) is 10.9 Å². The summed E-state index contributed by atoms with van der Waals surface area (Å²) in [5.74, 6) is 0.286. The molecule has 0 saturated carbocycles. The number of aromatic nitrogens is 2. The van der Waals surface area contributed by atoms with Gasteiger partial charge in [0, 0.05) is 75.0 Å². The van der Waals surface area contributed by atoms with Gasteiger partial charge in [-0.1, -0.05) is 18.2 Å². The monoisotopic (exact) mass is 556 g/mol. The van der Waals surface area contributed by atoms with Crippen molar-refractivity contribution < 1.29 is 9.59 Å². The molecule has 1 unspecified atom stereocenters. The summed E-state index contributed by atoms with van der Waals surface area (Å²) in [7, 11) is 0. The van der Waals surface area contributed by atoms with Crippen molar-refractivity contribution in [2.45, 2.75) is 38.1 Å². The molecule has 0 spiro atoms. The minimum absolute atomic E-state index is 0.0131. The van der Waals surface area contributed by atoms with Crippen molar-refractivity contribution in [2.75, 3.05) is 68.7 Å². The van der Waals surface area contributed by atoms with Gasteiger partial charge in [0.1, 0.15) is 6.33 Å². The Morgan fingerprint density at radius 1 is 0.951 bits per heavy atom. The molecule has 4 heterocycles. The first kappa shape index (κ1) is 27.3. The fourth-order valence-electron chi connectivity index (χ4n) is 6.44. The Bertz CT molecular complexity index is 1350. The minimum Gasteiger partial charge on any atom is -0.368 e. The van der Waals surface area contributed by atoms with Crippen molar-refractivity contribution in [3.63, 3.8) is 0 Å². The number of benzene rings is 2. The molecule has 2 N–H and O–H groups in total. The summed E-state index contributed by atoms with van der Waals surface area (Å²) in [4.78, 5) is 43.5. The van der Waals surface area contributed by atoms with Gasteiger partial charge in [0.05, 0.1) is 17.3 Å². The largest absolute Gasteiger partial charge is 0.368 e. The van der Waals surface area contributed by atoms with Crippen LogP contribution in [0.3, 0.4) is 0 Å². The third kappa shape index (κ3) is 5.79. The number of para-hydroxylation sites is 1. The summed E-state index contributed by atoms with van der Waals surface area (Å²) in [5.41, 5.74) is 4.12. The van der Waals surface area contributed by atoms with E-state index in [0.717, 1.165) is 73.4 Å². The van der Waals surface area contributed by atoms with E-state index < -0.39 is 0 Å². The molecule has 3 aliphatic rings. The molecule has 10 heteroatoms. The average Bonchev–Trinajstić information content (AvgIpc) is 3.56. The predicted octanol–water partition coefficient (Wildman–Crippen LogP) is 3.65. The van der Waals surface area contributed by atoms with Crippen LogP contribution >= 0.6 is 0 Å². The Kier molecular flexibility index (Phi) is 8.18. The van der Waals surface area contributed by atoms with E-state index in [9.17, 15) is 9.59 Å². The molecule has 216 valence electrons. The SMILES string of the molecule is CCNC(=O)N1CCN(c2ccc3c(C4CCN(C(=O)N(c5ccccc5)C5CCNC5)CC4)ncnc3c2)CC1. The molecular weight excluding hydrogens is 516 g/mol. The third-order valence-corrected chi connectivity index (χ3v) is 8.70. The van der Waals surface area contributed by atoms with E-state index in [1.54, 1.807) is 6.33 Å². The lowest BCUT2D eigenvalue weighted by molar-refractivity contribution is 0.185. The molecule has 10 nitrogen and oxygen atoms in total. The zero-order valence-corrected chi connectivity index (χ0v) is 23.8. The van der Waals surface area contributed by atoms with Gasteiger partial charge in [0.25, 0.3) is 0 Å². The Labute approximate surface area is 241 Å². The summed E-state index contributed by atoms with van der Waals surface area (Å²) in [6.45, 7) is 8.79. The maximum absolute atomic E-state index is 13.8. The van der Waals surface area contributed by atoms with Gasteiger partial charge in [0.2, 0.25) is 0 Å². The average molecular weight is 557 g/mol. The second kappa shape index (κ2) is 12.3. The molecular formula is C31H40N8O2. The van der Waals surface area contributed by atoms with Crippen LogP contribution in [0.2, 0.25) is 0 Å². The Hall–Kier alpha value is -3.92. The van der Waals surface area contributed by atoms with E-state index >= 15 is 0 Å². The van der Waals surface area contributed by atoms with Gasteiger partial charge in [-0.3, -0.25) is 4.90 Å². The number of rotatable bonds is 5. The molecule has 3 saturated heterocycles. The summed E-state index contributed by atoms with van der Waals surface area (Å²) in [6.07, 6.45) is 4.41. The Morgan fingerprint density at radius 3 is 2.44 bits per heavy atom. The van der Waals surface area contributed by atoms with E-state index in [4.69, 9.17) is 4.98 Å². The topological polar surface area (TPSA) is 96.9 Å². The number of nitrogens with one attached hydrogen (secondary N) is 2. The second-order valence-electron chi connectivity index (χ2n) is 11.2. The number of carbonyl (C=O) groups excluding carboxylic acids is 2. The van der Waals surface area contributed by atoms with E-state index in [0.29, 0.717) is 32.7 Å². The maximum Gasteiger partial charge on any atom is 0.324 e. The molecule has 4 amide bonds. The summed E-state index contributed by atoms with van der Waals surface area (Å²) in [5, 5.41) is 7.39. The molecule has 0 aliphatic carbocycles. The number of hydrogen-bond donors (Lipinski definition) is 2. The van der Waals surface area contributed by atoms with E-state index in [1.165, 1.54) is 0 Å². The van der Waals surface area contributed by atoms with Crippen molar-refractivity contribution in [3.8, 4) is 0 Å². The van der Waals surface area contributed by atoms with Crippen molar-refractivity contribution >= 4 is 34.3 Å². The highest BCUT2D eigenvalue weighted by atomic mass is 16.2. The minimum atomic E-state index is 0.0131. The van der Waals surface area contributed by atoms with Crippen LogP contribution in [0.1, 0.15) is 37.8 Å². The van der Waals surface area contributed by atoms with Crippen molar-refractivity contribution in [3.05, 3.63) is 60.6 Å². The molecule has 1 aromatic heterocycles. The fraction of sp³-hybridized carbons (Fsp3) is 0.484. The number of nitrogens with zero attached hydrogens (tertiary/aromatic N) is 6. The molecule has 41 heavy (non-hydrogen) atoms. The molecule has 6 rings (SSSR count). The Balaban J connectivity index is 1.12. The molecule has 2 aromatic carbocycles. The highest BCUT2D eigenvalue weighted by molar-refractivity contribution is 5.93. The van der Waals surface area contributed by atoms with Gasteiger partial charge in [-0.25, -0.2) is 19.6 Å². The number of amides is 4. The number of urea groups is 2. The standard InChI is InChI=1S/C31H40N8O2/c1-2-33-30(40)37-18-16-36(17-19-37)25-8-9-27-28(20-25)34-22-35-29(27)23-11-14-38(15-12-23)31(41)39(26-10-13-32-21-26)24-6-4-3-5-7-24/h3-9,20,22-23,26,32H,2,10-19,21H2,1H3,(H,33,40). The van der Waals surface area contributed by atoms with Gasteiger partial charge in [-0.15, -0.1) is 0 Å². The number of fused-ring (bicyclic) bond motifs is 1. The van der Waals surface area contributed by atoms with Gasteiger partial charge < -0.3 is 25.3 Å². The number of anilines is 2. The first-order valence-electron chi connectivity index (χ1n) is 15.0. The zero-order valence-electron chi connectivity index (χ0n) is 23.8. The fourth-order valence-corrected chi connectivity index (χ4v) is 6.44. The van der Waals surface area contributed by atoms with E-state index in [-0.39, 0.29) is 24.0 Å². The van der Waals surface area contributed by atoms with E-state index in [2.05, 4.69) is 38.7 Å². The first-order chi connectivity index (χ1) is 20.1. The highest BCUT2D eigenvalue weighted by Crippen LogP contribution is 2.33. The van der Waals surface area contributed by atoms with Crippen LogP contribution in [-0.2, 0) is 0 Å². The van der Waals surface area contributed by atoms with Crippen LogP contribution in [0.15, 0.2) is 54.9 Å². The smallest absolute Gasteiger partial charge is 0.324 e. The number of piperidine rings is 1.